The molecule has 0 saturated heterocycles. The summed E-state index contributed by atoms with van der Waals surface area (Å²) >= 11 is 0. The lowest BCUT2D eigenvalue weighted by molar-refractivity contribution is -0.121. The maximum absolute atomic E-state index is 11.9. The zero-order valence-corrected chi connectivity index (χ0v) is 13.7. The van der Waals surface area contributed by atoms with Crippen LogP contribution in [-0.2, 0) is 21.1 Å². The fraction of sp³-hybridized carbons (Fsp3) is 0.312. The molecule has 8 heteroatoms. The average molecular weight is 347 g/mol. The van der Waals surface area contributed by atoms with Crippen LogP contribution >= 0.6 is 0 Å². The van der Waals surface area contributed by atoms with Crippen molar-refractivity contribution in [3.63, 3.8) is 0 Å². The van der Waals surface area contributed by atoms with Crippen molar-refractivity contribution < 1.29 is 13.2 Å². The van der Waals surface area contributed by atoms with Crippen LogP contribution in [0.15, 0.2) is 40.5 Å². The number of allylic oxidation sites excluding steroid dienone is 1. The van der Waals surface area contributed by atoms with E-state index in [9.17, 15) is 18.0 Å². The summed E-state index contributed by atoms with van der Waals surface area (Å²) in [5, 5.41) is 4.41. The van der Waals surface area contributed by atoms with Gasteiger partial charge in [-0.3, -0.25) is 9.59 Å². The molecule has 3 rings (SSSR count). The Balaban J connectivity index is 1.54. The number of fused-ring (bicyclic) bond motifs is 1. The van der Waals surface area contributed by atoms with Gasteiger partial charge in [-0.25, -0.2) is 13.4 Å². The highest BCUT2D eigenvalue weighted by molar-refractivity contribution is 7.94. The molecule has 1 atom stereocenters. The van der Waals surface area contributed by atoms with Gasteiger partial charge in [-0.1, -0.05) is 18.2 Å². The van der Waals surface area contributed by atoms with Crippen LogP contribution in [0.5, 0.6) is 0 Å². The van der Waals surface area contributed by atoms with E-state index in [1.807, 2.05) is 6.07 Å². The number of nitrogens with zero attached hydrogens (tertiary/aromatic N) is 1. The van der Waals surface area contributed by atoms with Crippen molar-refractivity contribution in [1.82, 2.24) is 15.3 Å². The summed E-state index contributed by atoms with van der Waals surface area (Å²) in [7, 11) is -3.14. The summed E-state index contributed by atoms with van der Waals surface area (Å²) in [6, 6.07) is 7.05. The van der Waals surface area contributed by atoms with E-state index in [1.54, 1.807) is 24.3 Å². The normalized spacial score (nSPS) is 18.8. The second-order valence-electron chi connectivity index (χ2n) is 5.75. The summed E-state index contributed by atoms with van der Waals surface area (Å²) in [5.41, 5.74) is 0.409. The Morgan fingerprint density at radius 3 is 2.88 bits per heavy atom. The fourth-order valence-corrected chi connectivity index (χ4v) is 4.05. The van der Waals surface area contributed by atoms with Gasteiger partial charge in [0, 0.05) is 30.7 Å². The van der Waals surface area contributed by atoms with Crippen LogP contribution in [0.2, 0.25) is 0 Å². The molecule has 0 bridgehead atoms. The molecule has 7 nitrogen and oxygen atoms in total. The second-order valence-corrected chi connectivity index (χ2v) is 7.68. The van der Waals surface area contributed by atoms with Gasteiger partial charge in [0.15, 0.2) is 9.84 Å². The Labute approximate surface area is 138 Å². The van der Waals surface area contributed by atoms with E-state index in [0.717, 1.165) is 5.41 Å². The summed E-state index contributed by atoms with van der Waals surface area (Å²) in [5.74, 6) is 0.000736. The Hall–Kier alpha value is -2.48. The Kier molecular flexibility index (Phi) is 4.48. The number of benzene rings is 1. The number of carbonyl (C=O) groups excluding carboxylic acids is 1. The average Bonchev–Trinajstić information content (AvgIpc) is 2.86. The van der Waals surface area contributed by atoms with E-state index in [4.69, 9.17) is 0 Å². The number of amides is 1. The van der Waals surface area contributed by atoms with E-state index in [-0.39, 0.29) is 29.6 Å². The number of H-pyrrole nitrogens is 1. The molecule has 1 amide bonds. The largest absolute Gasteiger partial charge is 0.356 e. The van der Waals surface area contributed by atoms with Gasteiger partial charge < -0.3 is 10.3 Å². The van der Waals surface area contributed by atoms with Crippen molar-refractivity contribution in [3.8, 4) is 0 Å². The molecule has 1 aromatic heterocycles. The van der Waals surface area contributed by atoms with E-state index in [2.05, 4.69) is 15.3 Å². The number of aromatic amines is 1. The molecule has 0 radical (unpaired) electrons. The number of rotatable bonds is 5. The summed E-state index contributed by atoms with van der Waals surface area (Å²) < 4.78 is 22.6. The molecular weight excluding hydrogens is 330 g/mol. The number of hydrogen-bond donors (Lipinski definition) is 2. The molecule has 0 spiro atoms. The standard InChI is InChI=1S/C16H17N3O4S/c20-15(9-11-6-8-24(22,23)10-11)17-7-5-14-18-13-4-2-1-3-12(13)16(21)19-14/h1-4,6,8,11H,5,7,9-10H2,(H,17,20)(H,18,19,21). The lowest BCUT2D eigenvalue weighted by Gasteiger charge is -2.08. The molecule has 2 N–H and O–H groups in total. The molecule has 126 valence electrons. The van der Waals surface area contributed by atoms with Crippen LogP contribution < -0.4 is 10.9 Å². The molecule has 1 aliphatic rings. The number of sulfone groups is 1. The van der Waals surface area contributed by atoms with Crippen molar-refractivity contribution in [2.75, 3.05) is 12.3 Å². The number of aromatic nitrogens is 2. The highest BCUT2D eigenvalue weighted by atomic mass is 32.2. The van der Waals surface area contributed by atoms with Gasteiger partial charge in [-0.2, -0.15) is 0 Å². The van der Waals surface area contributed by atoms with Crippen LogP contribution in [0.25, 0.3) is 10.9 Å². The number of nitrogens with one attached hydrogen (secondary N) is 2. The zero-order chi connectivity index (χ0) is 17.2. The minimum absolute atomic E-state index is 0.0139. The zero-order valence-electron chi connectivity index (χ0n) is 12.9. The van der Waals surface area contributed by atoms with Crippen LogP contribution in [0.3, 0.4) is 0 Å². The third-order valence-corrected chi connectivity index (χ3v) is 5.26. The van der Waals surface area contributed by atoms with Gasteiger partial charge >= 0.3 is 0 Å². The summed E-state index contributed by atoms with van der Waals surface area (Å²) in [6.45, 7) is 0.323. The predicted molar refractivity (Wildman–Crippen MR) is 90.1 cm³/mol. The molecule has 0 aliphatic carbocycles. The number of carbonyl (C=O) groups is 1. The highest BCUT2D eigenvalue weighted by Gasteiger charge is 2.23. The van der Waals surface area contributed by atoms with Crippen molar-refractivity contribution in [3.05, 3.63) is 51.9 Å². The Morgan fingerprint density at radius 2 is 2.12 bits per heavy atom. The number of hydrogen-bond acceptors (Lipinski definition) is 5. The van der Waals surface area contributed by atoms with Gasteiger partial charge in [0.2, 0.25) is 5.91 Å². The van der Waals surface area contributed by atoms with Crippen LogP contribution in [0.4, 0.5) is 0 Å². The molecular formula is C16H17N3O4S. The van der Waals surface area contributed by atoms with Gasteiger partial charge in [0.05, 0.1) is 16.7 Å². The SMILES string of the molecule is O=C(CC1C=CS(=O)(=O)C1)NCCc1nc2ccccc2c(=O)[nH]1. The summed E-state index contributed by atoms with van der Waals surface area (Å²) in [4.78, 5) is 30.8. The topological polar surface area (TPSA) is 109 Å². The first-order valence-electron chi connectivity index (χ1n) is 7.58. The monoisotopic (exact) mass is 347 g/mol. The van der Waals surface area contributed by atoms with Gasteiger partial charge in [-0.05, 0) is 12.1 Å². The van der Waals surface area contributed by atoms with Crippen LogP contribution in [-0.4, -0.2) is 36.6 Å². The third kappa shape index (κ3) is 3.88. The Bertz CT molecular complexity index is 963. The molecule has 24 heavy (non-hydrogen) atoms. The molecule has 1 unspecified atom stereocenters. The first-order chi connectivity index (χ1) is 11.4. The van der Waals surface area contributed by atoms with Crippen molar-refractivity contribution >= 4 is 26.6 Å². The first kappa shape index (κ1) is 16.4. The van der Waals surface area contributed by atoms with E-state index in [1.165, 1.54) is 0 Å². The lowest BCUT2D eigenvalue weighted by atomic mass is 10.1. The fourth-order valence-electron chi connectivity index (χ4n) is 2.65. The van der Waals surface area contributed by atoms with E-state index >= 15 is 0 Å². The van der Waals surface area contributed by atoms with Crippen molar-refractivity contribution in [2.24, 2.45) is 5.92 Å². The van der Waals surface area contributed by atoms with Crippen LogP contribution in [0.1, 0.15) is 12.2 Å². The minimum Gasteiger partial charge on any atom is -0.356 e. The molecule has 0 saturated carbocycles. The van der Waals surface area contributed by atoms with E-state index < -0.39 is 9.84 Å². The molecule has 2 aromatic rings. The molecule has 1 aliphatic heterocycles. The van der Waals surface area contributed by atoms with Crippen LogP contribution in [0, 0.1) is 5.92 Å². The van der Waals surface area contributed by atoms with E-state index in [0.29, 0.717) is 29.7 Å². The highest BCUT2D eigenvalue weighted by Crippen LogP contribution is 2.17. The minimum atomic E-state index is -3.14. The molecule has 2 heterocycles. The summed E-state index contributed by atoms with van der Waals surface area (Å²) in [6.07, 6.45) is 2.08. The van der Waals surface area contributed by atoms with Crippen molar-refractivity contribution in [2.45, 2.75) is 12.8 Å². The predicted octanol–water partition coefficient (Wildman–Crippen LogP) is 0.530. The first-order valence-corrected chi connectivity index (χ1v) is 9.30. The van der Waals surface area contributed by atoms with Crippen molar-refractivity contribution in [1.29, 1.82) is 0 Å². The second kappa shape index (κ2) is 6.56. The van der Waals surface area contributed by atoms with Gasteiger partial charge in [-0.15, -0.1) is 0 Å². The molecule has 1 aromatic carbocycles. The quantitative estimate of drug-likeness (QED) is 0.820. The number of para-hydroxylation sites is 1. The third-order valence-electron chi connectivity index (χ3n) is 3.80. The maximum atomic E-state index is 11.9. The molecule has 0 fully saturated rings. The van der Waals surface area contributed by atoms with Gasteiger partial charge in [0.1, 0.15) is 5.82 Å². The van der Waals surface area contributed by atoms with Gasteiger partial charge in [0.25, 0.3) is 5.56 Å². The maximum Gasteiger partial charge on any atom is 0.258 e. The smallest absolute Gasteiger partial charge is 0.258 e. The lowest BCUT2D eigenvalue weighted by Crippen LogP contribution is -2.28. The Morgan fingerprint density at radius 1 is 1.33 bits per heavy atom.